The number of benzene rings is 1. The van der Waals surface area contributed by atoms with Crippen molar-refractivity contribution in [2.75, 3.05) is 32.5 Å². The number of hydrogen-bond acceptors (Lipinski definition) is 5. The first-order valence-corrected chi connectivity index (χ1v) is 8.32. The minimum absolute atomic E-state index is 0.00493. The van der Waals surface area contributed by atoms with Gasteiger partial charge < -0.3 is 19.6 Å². The molecule has 1 aliphatic heterocycles. The topological polar surface area (TPSA) is 78.7 Å². The van der Waals surface area contributed by atoms with Crippen molar-refractivity contribution in [2.45, 2.75) is 18.9 Å². The Labute approximate surface area is 146 Å². The molecule has 1 saturated heterocycles. The van der Waals surface area contributed by atoms with Crippen LogP contribution in [-0.4, -0.2) is 60.0 Å². The van der Waals surface area contributed by atoms with Crippen LogP contribution in [0.2, 0.25) is 0 Å². The van der Waals surface area contributed by atoms with Gasteiger partial charge in [0.05, 0.1) is 0 Å². The van der Waals surface area contributed by atoms with Crippen LogP contribution >= 0.6 is 0 Å². The Morgan fingerprint density at radius 2 is 2.04 bits per heavy atom. The first-order valence-electron chi connectivity index (χ1n) is 8.32. The van der Waals surface area contributed by atoms with Crippen molar-refractivity contribution in [3.63, 3.8) is 0 Å². The Morgan fingerprint density at radius 1 is 1.28 bits per heavy atom. The summed E-state index contributed by atoms with van der Waals surface area (Å²) in [7, 11) is 3.93. The number of amides is 2. The largest absolute Gasteiger partial charge is 0.364 e. The second-order valence-corrected chi connectivity index (χ2v) is 6.39. The lowest BCUT2D eigenvalue weighted by Gasteiger charge is -2.35. The molecule has 2 heterocycles. The Bertz CT molecular complexity index is 727. The highest BCUT2D eigenvalue weighted by Gasteiger charge is 2.25. The maximum atomic E-state index is 12.7. The van der Waals surface area contributed by atoms with Crippen molar-refractivity contribution in [3.05, 3.63) is 47.9 Å². The van der Waals surface area contributed by atoms with Gasteiger partial charge in [0.15, 0.2) is 5.69 Å². The van der Waals surface area contributed by atoms with Gasteiger partial charge in [-0.2, -0.15) is 0 Å². The number of nitrogens with zero attached hydrogens (tertiary/aromatic N) is 3. The van der Waals surface area contributed by atoms with E-state index in [9.17, 15) is 9.59 Å². The van der Waals surface area contributed by atoms with E-state index in [0.717, 1.165) is 25.9 Å². The number of anilines is 1. The van der Waals surface area contributed by atoms with Crippen LogP contribution in [-0.2, 0) is 0 Å². The first-order chi connectivity index (χ1) is 12.0. The summed E-state index contributed by atoms with van der Waals surface area (Å²) in [5.41, 5.74) is 1.42. The Balaban J connectivity index is 1.63. The molecule has 1 N–H and O–H groups in total. The van der Waals surface area contributed by atoms with Gasteiger partial charge in [0.25, 0.3) is 11.8 Å². The summed E-state index contributed by atoms with van der Waals surface area (Å²) < 4.78 is 4.65. The smallest absolute Gasteiger partial charge is 0.277 e. The van der Waals surface area contributed by atoms with E-state index in [1.807, 2.05) is 11.9 Å². The predicted molar refractivity (Wildman–Crippen MR) is 93.5 cm³/mol. The molecule has 0 aliphatic carbocycles. The highest BCUT2D eigenvalue weighted by molar-refractivity contribution is 6.03. The van der Waals surface area contributed by atoms with Crippen molar-refractivity contribution in [2.24, 2.45) is 0 Å². The third-order valence-electron chi connectivity index (χ3n) is 4.53. The SMILES string of the molecule is CN1CCC[C@@H](N(C)C(=O)c2ccc(NC(=O)c3ccon3)cc2)C1. The fourth-order valence-corrected chi connectivity index (χ4v) is 3.05. The second kappa shape index (κ2) is 7.48. The van der Waals surface area contributed by atoms with E-state index in [2.05, 4.69) is 26.9 Å². The number of piperidine rings is 1. The summed E-state index contributed by atoms with van der Waals surface area (Å²) in [6.45, 7) is 1.98. The monoisotopic (exact) mass is 342 g/mol. The molecular weight excluding hydrogens is 320 g/mol. The van der Waals surface area contributed by atoms with Crippen LogP contribution in [0.3, 0.4) is 0 Å². The molecule has 2 amide bonds. The number of carbonyl (C=O) groups is 2. The third kappa shape index (κ3) is 4.06. The number of rotatable bonds is 4. The zero-order valence-corrected chi connectivity index (χ0v) is 14.4. The molecule has 1 aromatic carbocycles. The van der Waals surface area contributed by atoms with E-state index in [0.29, 0.717) is 11.3 Å². The average Bonchev–Trinajstić information content (AvgIpc) is 3.16. The number of aromatic nitrogens is 1. The van der Waals surface area contributed by atoms with Crippen LogP contribution in [0.15, 0.2) is 41.1 Å². The molecular formula is C18H22N4O3. The molecule has 25 heavy (non-hydrogen) atoms. The van der Waals surface area contributed by atoms with Crippen LogP contribution in [0.25, 0.3) is 0 Å². The zero-order chi connectivity index (χ0) is 17.8. The van der Waals surface area contributed by atoms with Crippen molar-refractivity contribution < 1.29 is 14.1 Å². The quantitative estimate of drug-likeness (QED) is 0.920. The lowest BCUT2D eigenvalue weighted by Crippen LogP contribution is -2.47. The molecule has 1 aromatic heterocycles. The van der Waals surface area contributed by atoms with Gasteiger partial charge in [-0.1, -0.05) is 5.16 Å². The molecule has 1 fully saturated rings. The summed E-state index contributed by atoms with van der Waals surface area (Å²) >= 11 is 0. The van der Waals surface area contributed by atoms with Crippen LogP contribution in [0, 0.1) is 0 Å². The lowest BCUT2D eigenvalue weighted by atomic mass is 10.0. The molecule has 3 rings (SSSR count). The summed E-state index contributed by atoms with van der Waals surface area (Å²) in [6.07, 6.45) is 3.47. The minimum atomic E-state index is -0.352. The molecule has 0 unspecified atom stereocenters. The van der Waals surface area contributed by atoms with E-state index in [1.54, 1.807) is 24.3 Å². The van der Waals surface area contributed by atoms with Crippen molar-refractivity contribution >= 4 is 17.5 Å². The van der Waals surface area contributed by atoms with E-state index in [4.69, 9.17) is 0 Å². The van der Waals surface area contributed by atoms with Gasteiger partial charge in [-0.3, -0.25) is 9.59 Å². The molecule has 7 nitrogen and oxygen atoms in total. The molecule has 7 heteroatoms. The van der Waals surface area contributed by atoms with Gasteiger partial charge in [0, 0.05) is 37.0 Å². The highest BCUT2D eigenvalue weighted by atomic mass is 16.5. The predicted octanol–water partition coefficient (Wildman–Crippen LogP) is 2.09. The molecule has 132 valence electrons. The van der Waals surface area contributed by atoms with Gasteiger partial charge in [-0.15, -0.1) is 0 Å². The van der Waals surface area contributed by atoms with Gasteiger partial charge in [0.1, 0.15) is 6.26 Å². The summed E-state index contributed by atoms with van der Waals surface area (Å²) in [6, 6.07) is 8.60. The van der Waals surface area contributed by atoms with Crippen molar-refractivity contribution in [1.82, 2.24) is 15.0 Å². The maximum absolute atomic E-state index is 12.7. The van der Waals surface area contributed by atoms with Gasteiger partial charge in [-0.05, 0) is 50.7 Å². The number of carbonyl (C=O) groups excluding carboxylic acids is 2. The van der Waals surface area contributed by atoms with E-state index >= 15 is 0 Å². The van der Waals surface area contributed by atoms with Crippen LogP contribution < -0.4 is 5.32 Å². The molecule has 0 saturated carbocycles. The Kier molecular flexibility index (Phi) is 5.14. The van der Waals surface area contributed by atoms with E-state index < -0.39 is 0 Å². The highest BCUT2D eigenvalue weighted by Crippen LogP contribution is 2.17. The number of nitrogens with one attached hydrogen (secondary N) is 1. The van der Waals surface area contributed by atoms with Crippen LogP contribution in [0.4, 0.5) is 5.69 Å². The Morgan fingerprint density at radius 3 is 2.68 bits per heavy atom. The third-order valence-corrected chi connectivity index (χ3v) is 4.53. The van der Waals surface area contributed by atoms with Gasteiger partial charge in [-0.25, -0.2) is 0 Å². The molecule has 1 atom stereocenters. The number of likely N-dealkylation sites (N-methyl/N-ethyl adjacent to an activating group) is 2. The van der Waals surface area contributed by atoms with Crippen molar-refractivity contribution in [3.8, 4) is 0 Å². The fraction of sp³-hybridized carbons (Fsp3) is 0.389. The van der Waals surface area contributed by atoms with Crippen molar-refractivity contribution in [1.29, 1.82) is 0 Å². The molecule has 0 radical (unpaired) electrons. The molecule has 1 aliphatic rings. The lowest BCUT2D eigenvalue weighted by molar-refractivity contribution is 0.0644. The van der Waals surface area contributed by atoms with Gasteiger partial charge >= 0.3 is 0 Å². The average molecular weight is 342 g/mol. The normalized spacial score (nSPS) is 17.9. The number of likely N-dealkylation sites (tertiary alicyclic amines) is 1. The Hall–Kier alpha value is -2.67. The fourth-order valence-electron chi connectivity index (χ4n) is 3.05. The zero-order valence-electron chi connectivity index (χ0n) is 14.4. The standard InChI is InChI=1S/C18H22N4O3/c1-21-10-3-4-15(12-21)22(2)18(24)13-5-7-14(8-6-13)19-17(23)16-9-11-25-20-16/h5-9,11,15H,3-4,10,12H2,1-2H3,(H,19,23)/t15-/m1/s1. The van der Waals surface area contributed by atoms with Crippen LogP contribution in [0.1, 0.15) is 33.7 Å². The molecule has 2 aromatic rings. The first kappa shape index (κ1) is 17.2. The number of hydrogen-bond donors (Lipinski definition) is 1. The summed E-state index contributed by atoms with van der Waals surface area (Å²) in [5.74, 6) is -0.357. The van der Waals surface area contributed by atoms with E-state index in [1.165, 1.54) is 12.3 Å². The van der Waals surface area contributed by atoms with Crippen LogP contribution in [0.5, 0.6) is 0 Å². The summed E-state index contributed by atoms with van der Waals surface area (Å²) in [4.78, 5) is 28.7. The van der Waals surface area contributed by atoms with E-state index in [-0.39, 0.29) is 23.6 Å². The van der Waals surface area contributed by atoms with Gasteiger partial charge in [0.2, 0.25) is 0 Å². The summed E-state index contributed by atoms with van der Waals surface area (Å²) in [5, 5.41) is 6.30. The molecule has 0 bridgehead atoms. The second-order valence-electron chi connectivity index (χ2n) is 6.39. The molecule has 0 spiro atoms. The maximum Gasteiger partial charge on any atom is 0.277 e. The minimum Gasteiger partial charge on any atom is -0.364 e.